The van der Waals surface area contributed by atoms with Crippen LogP contribution in [0.25, 0.3) is 0 Å². The topological polar surface area (TPSA) is 141 Å². The fraction of sp³-hybridized carbons (Fsp3) is 0.273. The molecule has 0 unspecified atom stereocenters. The zero-order valence-corrected chi connectivity index (χ0v) is 24.5. The zero-order chi connectivity index (χ0) is 30.4. The number of carbonyl (C=O) groups is 3. The predicted octanol–water partition coefficient (Wildman–Crippen LogP) is 1.68. The molecule has 3 heterocycles. The molecule has 0 aliphatic carbocycles. The van der Waals surface area contributed by atoms with Crippen molar-refractivity contribution in [3.63, 3.8) is 0 Å². The van der Waals surface area contributed by atoms with E-state index in [4.69, 9.17) is 17.2 Å². The molecule has 9 nitrogen and oxygen atoms in total. The summed E-state index contributed by atoms with van der Waals surface area (Å²) in [5.74, 6) is -1.43. The van der Waals surface area contributed by atoms with E-state index in [1.165, 1.54) is 33.4 Å². The highest BCUT2D eigenvalue weighted by Gasteiger charge is 2.27. The minimum atomic E-state index is -0.477. The molecule has 3 aromatic heterocycles. The summed E-state index contributed by atoms with van der Waals surface area (Å²) >= 11 is 0. The Morgan fingerprint density at radius 2 is 0.762 bits per heavy atom. The Morgan fingerprint density at radius 1 is 0.500 bits per heavy atom. The van der Waals surface area contributed by atoms with E-state index in [9.17, 15) is 14.4 Å². The molecule has 0 aliphatic heterocycles. The highest BCUT2D eigenvalue weighted by molar-refractivity contribution is 5.92. The van der Waals surface area contributed by atoms with Gasteiger partial charge in [-0.1, -0.05) is 20.8 Å². The Hall–Kier alpha value is -4.92. The number of benzene rings is 1. The SMILES string of the molecule is CCc1c(C[n+]2cccc(C(N)=O)c2)c(CC)c(C[n+]2cccc(C(N)=O)c2)c(CC)c1C[n+]1cccc(C(N)=O)c1. The third-order valence-corrected chi connectivity index (χ3v) is 7.70. The number of pyridine rings is 3. The van der Waals surface area contributed by atoms with E-state index in [-0.39, 0.29) is 0 Å². The molecular formula is C33H39N6O3+3. The third-order valence-electron chi connectivity index (χ3n) is 7.70. The van der Waals surface area contributed by atoms with Gasteiger partial charge in [0.15, 0.2) is 56.8 Å². The molecule has 0 saturated heterocycles. The summed E-state index contributed by atoms with van der Waals surface area (Å²) in [5.41, 5.74) is 25.4. The first-order chi connectivity index (χ1) is 20.2. The van der Waals surface area contributed by atoms with E-state index in [2.05, 4.69) is 20.8 Å². The van der Waals surface area contributed by atoms with Gasteiger partial charge in [-0.05, 0) is 54.2 Å². The van der Waals surface area contributed by atoms with Crippen LogP contribution in [0.3, 0.4) is 0 Å². The molecular weight excluding hydrogens is 528 g/mol. The Balaban J connectivity index is 1.97. The van der Waals surface area contributed by atoms with E-state index in [1.807, 2.05) is 50.5 Å². The van der Waals surface area contributed by atoms with Crippen molar-refractivity contribution >= 4 is 17.7 Å². The quantitative estimate of drug-likeness (QED) is 0.224. The van der Waals surface area contributed by atoms with Gasteiger partial charge in [0.2, 0.25) is 0 Å². The Bertz CT molecular complexity index is 1450. The summed E-state index contributed by atoms with van der Waals surface area (Å²) < 4.78 is 5.98. The summed E-state index contributed by atoms with van der Waals surface area (Å²) in [4.78, 5) is 35.8. The zero-order valence-electron chi connectivity index (χ0n) is 24.5. The van der Waals surface area contributed by atoms with Crippen LogP contribution in [0.5, 0.6) is 0 Å². The fourth-order valence-electron chi connectivity index (χ4n) is 5.79. The second-order valence-corrected chi connectivity index (χ2v) is 10.3. The summed E-state index contributed by atoms with van der Waals surface area (Å²) in [5, 5.41) is 0. The standard InChI is InChI=1S/C33H36N6O3/c1-4-25-28(19-37-13-7-10-22(16-37)31(34)40)26(5-2)30(21-39-15-9-12-24(18-39)33(36)42)27(6-3)29(25)20-38-14-8-11-23(17-38)32(35)41/h7-18H,4-6,19-21H2,1-3H3,(H3-3,34,35,36,40,41,42)/p+3. The average Bonchev–Trinajstić information content (AvgIpc) is 2.98. The van der Waals surface area contributed by atoms with Gasteiger partial charge in [-0.3, -0.25) is 14.4 Å². The van der Waals surface area contributed by atoms with Crippen LogP contribution >= 0.6 is 0 Å². The van der Waals surface area contributed by atoms with Gasteiger partial charge in [-0.2, -0.15) is 13.7 Å². The molecule has 0 saturated carbocycles. The highest BCUT2D eigenvalue weighted by Crippen LogP contribution is 2.31. The van der Waals surface area contributed by atoms with Crippen molar-refractivity contribution < 1.29 is 28.1 Å². The van der Waals surface area contributed by atoms with Crippen molar-refractivity contribution in [2.45, 2.75) is 59.7 Å². The summed E-state index contributed by atoms with van der Waals surface area (Å²) in [6.45, 7) is 8.11. The second kappa shape index (κ2) is 13.2. The van der Waals surface area contributed by atoms with Gasteiger partial charge in [0.05, 0.1) is 0 Å². The van der Waals surface area contributed by atoms with Crippen LogP contribution in [-0.2, 0) is 38.9 Å². The van der Waals surface area contributed by atoms with Gasteiger partial charge in [-0.15, -0.1) is 0 Å². The van der Waals surface area contributed by atoms with Crippen LogP contribution < -0.4 is 30.9 Å². The van der Waals surface area contributed by atoms with Gasteiger partial charge in [0.1, 0.15) is 16.7 Å². The molecule has 4 aromatic rings. The van der Waals surface area contributed by atoms with Crippen LogP contribution in [0, 0.1) is 0 Å². The average molecular weight is 568 g/mol. The van der Waals surface area contributed by atoms with Crippen molar-refractivity contribution in [2.24, 2.45) is 17.2 Å². The highest BCUT2D eigenvalue weighted by atomic mass is 16.2. The number of amides is 3. The first kappa shape index (κ1) is 30.0. The lowest BCUT2D eigenvalue weighted by molar-refractivity contribution is -0.690. The molecule has 9 heteroatoms. The van der Waals surface area contributed by atoms with Crippen LogP contribution in [0.4, 0.5) is 0 Å². The summed E-state index contributed by atoms with van der Waals surface area (Å²) in [6, 6.07) is 10.6. The molecule has 0 fully saturated rings. The van der Waals surface area contributed by atoms with Crippen molar-refractivity contribution in [1.29, 1.82) is 0 Å². The van der Waals surface area contributed by atoms with E-state index in [0.717, 1.165) is 19.3 Å². The van der Waals surface area contributed by atoms with Crippen LogP contribution in [0.1, 0.15) is 85.2 Å². The van der Waals surface area contributed by atoms with Gasteiger partial charge in [0.25, 0.3) is 17.7 Å². The number of hydrogen-bond acceptors (Lipinski definition) is 3. The first-order valence-corrected chi connectivity index (χ1v) is 14.2. The molecule has 4 rings (SSSR count). The van der Waals surface area contributed by atoms with Gasteiger partial charge in [-0.25, -0.2) is 0 Å². The van der Waals surface area contributed by atoms with Gasteiger partial charge in [0, 0.05) is 34.9 Å². The van der Waals surface area contributed by atoms with Crippen molar-refractivity contribution in [3.8, 4) is 0 Å². The number of nitrogens with two attached hydrogens (primary N) is 3. The maximum Gasteiger partial charge on any atom is 0.254 e. The largest absolute Gasteiger partial charge is 0.365 e. The van der Waals surface area contributed by atoms with E-state index >= 15 is 0 Å². The third kappa shape index (κ3) is 6.52. The van der Waals surface area contributed by atoms with Crippen LogP contribution in [0.15, 0.2) is 73.6 Å². The van der Waals surface area contributed by atoms with E-state index in [0.29, 0.717) is 36.3 Å². The number of primary amides is 3. The minimum Gasteiger partial charge on any atom is -0.365 e. The Labute approximate surface area is 246 Å². The lowest BCUT2D eigenvalue weighted by Gasteiger charge is -2.23. The monoisotopic (exact) mass is 567 g/mol. The molecule has 42 heavy (non-hydrogen) atoms. The lowest BCUT2D eigenvalue weighted by Crippen LogP contribution is -2.40. The number of rotatable bonds is 12. The molecule has 0 spiro atoms. The molecule has 1 aromatic carbocycles. The molecule has 0 atom stereocenters. The van der Waals surface area contributed by atoms with Crippen molar-refractivity contribution in [1.82, 2.24) is 0 Å². The number of hydrogen-bond donors (Lipinski definition) is 3. The maximum atomic E-state index is 11.9. The number of aromatic nitrogens is 3. The summed E-state index contributed by atoms with van der Waals surface area (Å²) in [7, 11) is 0. The molecule has 6 N–H and O–H groups in total. The van der Waals surface area contributed by atoms with Gasteiger partial charge >= 0.3 is 0 Å². The fourth-order valence-corrected chi connectivity index (χ4v) is 5.79. The summed E-state index contributed by atoms with van der Waals surface area (Å²) in [6.07, 6.45) is 13.5. The van der Waals surface area contributed by atoms with Crippen LogP contribution in [0.2, 0.25) is 0 Å². The van der Waals surface area contributed by atoms with Crippen molar-refractivity contribution in [3.05, 3.63) is 124 Å². The molecule has 216 valence electrons. The van der Waals surface area contributed by atoms with Gasteiger partial charge < -0.3 is 17.2 Å². The predicted molar refractivity (Wildman–Crippen MR) is 157 cm³/mol. The molecule has 3 amide bonds. The van der Waals surface area contributed by atoms with E-state index in [1.54, 1.807) is 36.8 Å². The molecule has 0 radical (unpaired) electrons. The smallest absolute Gasteiger partial charge is 0.254 e. The second-order valence-electron chi connectivity index (χ2n) is 10.3. The molecule has 0 bridgehead atoms. The first-order valence-electron chi connectivity index (χ1n) is 14.2. The lowest BCUT2D eigenvalue weighted by atomic mass is 9.83. The Morgan fingerprint density at radius 3 is 0.976 bits per heavy atom. The Kier molecular flexibility index (Phi) is 9.42. The minimum absolute atomic E-state index is 0.442. The van der Waals surface area contributed by atoms with Crippen molar-refractivity contribution in [2.75, 3.05) is 0 Å². The number of nitrogens with zero attached hydrogens (tertiary/aromatic N) is 3. The molecule has 0 aliphatic rings. The number of carbonyl (C=O) groups excluding carboxylic acids is 3. The normalized spacial score (nSPS) is 10.9. The van der Waals surface area contributed by atoms with Crippen LogP contribution in [-0.4, -0.2) is 17.7 Å². The van der Waals surface area contributed by atoms with E-state index < -0.39 is 17.7 Å². The maximum absolute atomic E-state index is 11.9.